The number of nitrogens with two attached hydrogens (primary N) is 1. The molecule has 3 aromatic rings. The molecule has 0 radical (unpaired) electrons. The molecule has 0 unspecified atom stereocenters. The number of alkyl halides is 3. The lowest BCUT2D eigenvalue weighted by Crippen LogP contribution is -2.10. The van der Waals surface area contributed by atoms with Crippen molar-refractivity contribution in [3.05, 3.63) is 88.3 Å². The Hall–Kier alpha value is -4.43. The minimum Gasteiger partial charge on any atom is -0.456 e. The highest BCUT2D eigenvalue weighted by atomic mass is 19.4. The van der Waals surface area contributed by atoms with Gasteiger partial charge in [0.1, 0.15) is 17.1 Å². The molecule has 166 valence electrons. The topological polar surface area (TPSA) is 75.4 Å². The molecule has 0 heterocycles. The minimum absolute atomic E-state index is 0.108. The van der Waals surface area contributed by atoms with Gasteiger partial charge in [0.05, 0.1) is 24.0 Å². The number of anilines is 3. The first-order valence-corrected chi connectivity index (χ1v) is 9.73. The van der Waals surface area contributed by atoms with Crippen molar-refractivity contribution in [2.75, 3.05) is 11.1 Å². The lowest BCUT2D eigenvalue weighted by molar-refractivity contribution is -0.138. The zero-order valence-electron chi connectivity index (χ0n) is 17.8. The fourth-order valence-corrected chi connectivity index (χ4v) is 3.20. The molecule has 0 aliphatic rings. The summed E-state index contributed by atoms with van der Waals surface area (Å²) in [5.41, 5.74) is 7.89. The van der Waals surface area contributed by atoms with Crippen LogP contribution in [-0.2, 0) is 6.18 Å². The number of hydrogen-bond donors (Lipinski definition) is 2. The van der Waals surface area contributed by atoms with E-state index in [0.717, 1.165) is 6.07 Å². The maximum Gasteiger partial charge on any atom is 0.420 e. The highest BCUT2D eigenvalue weighted by Crippen LogP contribution is 2.44. The number of benzene rings is 3. The molecule has 0 aliphatic heterocycles. The van der Waals surface area contributed by atoms with Gasteiger partial charge in [-0.2, -0.15) is 18.4 Å². The predicted molar refractivity (Wildman–Crippen MR) is 122 cm³/mol. The standard InChI is InChI=1S/C25H19F3N4O/c1-15-6-7-17(5-4-12-29)16(2)24(15)33-23-14-22(21(30)13-20(23)25(26,27)28)32-19-10-8-18(31-3)9-11-19/h4-11,13-14,32H,30H2,1-2H3/b5-4+. The lowest BCUT2D eigenvalue weighted by Gasteiger charge is -2.20. The Morgan fingerprint density at radius 1 is 1.12 bits per heavy atom. The molecule has 3 aromatic carbocycles. The van der Waals surface area contributed by atoms with Gasteiger partial charge < -0.3 is 15.8 Å². The molecule has 8 heteroatoms. The van der Waals surface area contributed by atoms with Gasteiger partial charge in [-0.1, -0.05) is 24.3 Å². The largest absolute Gasteiger partial charge is 0.456 e. The van der Waals surface area contributed by atoms with Gasteiger partial charge in [-0.3, -0.25) is 0 Å². The van der Waals surface area contributed by atoms with Crippen LogP contribution in [0, 0.1) is 31.8 Å². The minimum atomic E-state index is -4.70. The van der Waals surface area contributed by atoms with Crippen molar-refractivity contribution in [3.8, 4) is 17.6 Å². The SMILES string of the molecule is [C-]#[N+]c1ccc(Nc2cc(Oc3c(C)ccc(/C=C/C#N)c3C)c(C(F)(F)F)cc2N)cc1. The normalized spacial score (nSPS) is 11.1. The first-order valence-electron chi connectivity index (χ1n) is 9.73. The molecule has 3 rings (SSSR count). The van der Waals surface area contributed by atoms with Crippen molar-refractivity contribution >= 4 is 28.8 Å². The number of nitrogens with one attached hydrogen (secondary N) is 1. The van der Waals surface area contributed by atoms with Crippen molar-refractivity contribution in [1.29, 1.82) is 5.26 Å². The first kappa shape index (κ1) is 23.2. The van der Waals surface area contributed by atoms with Crippen molar-refractivity contribution in [1.82, 2.24) is 0 Å². The van der Waals surface area contributed by atoms with E-state index in [-0.39, 0.29) is 17.1 Å². The third-order valence-electron chi connectivity index (χ3n) is 4.93. The van der Waals surface area contributed by atoms with Gasteiger partial charge in [0.2, 0.25) is 0 Å². The Balaban J connectivity index is 2.08. The number of nitriles is 1. The summed E-state index contributed by atoms with van der Waals surface area (Å²) in [6.07, 6.45) is -1.85. The summed E-state index contributed by atoms with van der Waals surface area (Å²) in [6.45, 7) is 10.5. The quantitative estimate of drug-likeness (QED) is 0.240. The Morgan fingerprint density at radius 3 is 2.42 bits per heavy atom. The van der Waals surface area contributed by atoms with Crippen molar-refractivity contribution in [2.45, 2.75) is 20.0 Å². The molecular formula is C25H19F3N4O. The van der Waals surface area contributed by atoms with Crippen molar-refractivity contribution < 1.29 is 17.9 Å². The van der Waals surface area contributed by atoms with Gasteiger partial charge in [-0.15, -0.1) is 0 Å². The third-order valence-corrected chi connectivity index (χ3v) is 4.93. The number of aryl methyl sites for hydroxylation is 1. The molecule has 0 saturated heterocycles. The lowest BCUT2D eigenvalue weighted by atomic mass is 10.0. The highest BCUT2D eigenvalue weighted by molar-refractivity contribution is 5.76. The summed E-state index contributed by atoms with van der Waals surface area (Å²) in [6, 6.07) is 13.8. The summed E-state index contributed by atoms with van der Waals surface area (Å²) in [4.78, 5) is 3.31. The van der Waals surface area contributed by atoms with E-state index in [2.05, 4.69) is 10.2 Å². The van der Waals surface area contributed by atoms with Gasteiger partial charge in [-0.05, 0) is 54.8 Å². The number of rotatable bonds is 5. The second-order valence-electron chi connectivity index (χ2n) is 7.21. The first-order chi connectivity index (χ1) is 15.6. The predicted octanol–water partition coefficient (Wildman–Crippen LogP) is 7.53. The fourth-order valence-electron chi connectivity index (χ4n) is 3.20. The van der Waals surface area contributed by atoms with Crippen LogP contribution >= 0.6 is 0 Å². The molecule has 3 N–H and O–H groups in total. The molecular weight excluding hydrogens is 429 g/mol. The summed E-state index contributed by atoms with van der Waals surface area (Å²) >= 11 is 0. The Kier molecular flexibility index (Phi) is 6.60. The van der Waals surface area contributed by atoms with Gasteiger partial charge in [-0.25, -0.2) is 4.85 Å². The fraction of sp³-hybridized carbons (Fsp3) is 0.120. The number of hydrogen-bond acceptors (Lipinski definition) is 4. The van der Waals surface area contributed by atoms with Crippen LogP contribution in [0.25, 0.3) is 10.9 Å². The van der Waals surface area contributed by atoms with E-state index in [1.54, 1.807) is 56.3 Å². The number of ether oxygens (including phenoxy) is 1. The van der Waals surface area contributed by atoms with Crippen LogP contribution in [0.15, 0.2) is 54.6 Å². The average molecular weight is 448 g/mol. The number of allylic oxidation sites excluding steroid dienone is 1. The summed E-state index contributed by atoms with van der Waals surface area (Å²) in [7, 11) is 0. The van der Waals surface area contributed by atoms with Crippen LogP contribution in [0.4, 0.5) is 35.9 Å². The summed E-state index contributed by atoms with van der Waals surface area (Å²) in [5, 5.41) is 11.8. The maximum atomic E-state index is 13.8. The maximum absolute atomic E-state index is 13.8. The Bertz CT molecular complexity index is 1300. The summed E-state index contributed by atoms with van der Waals surface area (Å²) in [5.74, 6) is -0.151. The monoisotopic (exact) mass is 448 g/mol. The second kappa shape index (κ2) is 9.37. The van der Waals surface area contributed by atoms with E-state index in [1.807, 2.05) is 6.07 Å². The van der Waals surface area contributed by atoms with E-state index in [4.69, 9.17) is 22.3 Å². The summed E-state index contributed by atoms with van der Waals surface area (Å²) < 4.78 is 47.2. The second-order valence-corrected chi connectivity index (χ2v) is 7.21. The molecule has 33 heavy (non-hydrogen) atoms. The Morgan fingerprint density at radius 2 is 1.82 bits per heavy atom. The van der Waals surface area contributed by atoms with E-state index in [0.29, 0.717) is 28.1 Å². The van der Waals surface area contributed by atoms with Crippen LogP contribution in [0.1, 0.15) is 22.3 Å². The van der Waals surface area contributed by atoms with Gasteiger partial charge in [0.25, 0.3) is 0 Å². The van der Waals surface area contributed by atoms with Crippen LogP contribution in [-0.4, -0.2) is 0 Å². The smallest absolute Gasteiger partial charge is 0.420 e. The number of nitrogen functional groups attached to an aromatic ring is 1. The van der Waals surface area contributed by atoms with E-state index >= 15 is 0 Å². The molecule has 0 bridgehead atoms. The van der Waals surface area contributed by atoms with Crippen molar-refractivity contribution in [3.63, 3.8) is 0 Å². The van der Waals surface area contributed by atoms with Crippen LogP contribution in [0.3, 0.4) is 0 Å². The number of nitrogens with zero attached hydrogens (tertiary/aromatic N) is 2. The molecule has 0 saturated carbocycles. The molecule has 5 nitrogen and oxygen atoms in total. The van der Waals surface area contributed by atoms with E-state index in [1.165, 1.54) is 12.1 Å². The van der Waals surface area contributed by atoms with Gasteiger partial charge >= 0.3 is 6.18 Å². The number of halogens is 3. The molecule has 0 aliphatic carbocycles. The van der Waals surface area contributed by atoms with E-state index < -0.39 is 17.5 Å². The third kappa shape index (κ3) is 5.25. The molecule has 0 spiro atoms. The molecule has 0 atom stereocenters. The zero-order chi connectivity index (χ0) is 24.2. The average Bonchev–Trinajstić information content (AvgIpc) is 2.77. The van der Waals surface area contributed by atoms with Gasteiger partial charge in [0, 0.05) is 17.8 Å². The highest BCUT2D eigenvalue weighted by Gasteiger charge is 2.36. The molecule has 0 fully saturated rings. The molecule has 0 aromatic heterocycles. The van der Waals surface area contributed by atoms with Crippen LogP contribution < -0.4 is 15.8 Å². The van der Waals surface area contributed by atoms with Gasteiger partial charge in [0.15, 0.2) is 5.69 Å². The van der Waals surface area contributed by atoms with Crippen LogP contribution in [0.2, 0.25) is 0 Å². The van der Waals surface area contributed by atoms with Crippen LogP contribution in [0.5, 0.6) is 11.5 Å². The molecule has 0 amide bonds. The van der Waals surface area contributed by atoms with E-state index in [9.17, 15) is 13.2 Å². The Labute approximate surface area is 189 Å². The van der Waals surface area contributed by atoms with Crippen molar-refractivity contribution in [2.24, 2.45) is 0 Å². The zero-order valence-corrected chi connectivity index (χ0v) is 17.8.